The molecule has 4 rings (SSSR count). The van der Waals surface area contributed by atoms with Gasteiger partial charge in [0.25, 0.3) is 5.56 Å². The number of benzene rings is 2. The lowest BCUT2D eigenvalue weighted by molar-refractivity contribution is 0.415. The largest absolute Gasteiger partial charge is 0.497 e. The number of hydrogen-bond donors (Lipinski definition) is 1. The number of aromatic nitrogens is 3. The van der Waals surface area contributed by atoms with E-state index < -0.39 is 0 Å². The fraction of sp³-hybridized carbons (Fsp3) is 0.100. The highest BCUT2D eigenvalue weighted by atomic mass is 16.5. The summed E-state index contributed by atoms with van der Waals surface area (Å²) >= 11 is 0. The van der Waals surface area contributed by atoms with Gasteiger partial charge in [0.05, 0.1) is 31.8 Å². The Labute approximate surface area is 149 Å². The summed E-state index contributed by atoms with van der Waals surface area (Å²) in [5.74, 6) is 1.54. The third-order valence-corrected chi connectivity index (χ3v) is 4.25. The van der Waals surface area contributed by atoms with E-state index in [-0.39, 0.29) is 5.56 Å². The number of fused-ring (bicyclic) bond motifs is 1. The predicted molar refractivity (Wildman–Crippen MR) is 99.8 cm³/mol. The SMILES string of the molecule is COc1ccc(-c2cc3c(=O)[nH]c(-c4ccc(OC)cc4)cn3n2)cc1. The molecular weight excluding hydrogens is 330 g/mol. The van der Waals surface area contributed by atoms with Gasteiger partial charge >= 0.3 is 0 Å². The number of ether oxygens (including phenoxy) is 2. The van der Waals surface area contributed by atoms with Crippen molar-refractivity contribution in [3.05, 3.63) is 71.1 Å². The highest BCUT2D eigenvalue weighted by molar-refractivity contribution is 5.68. The van der Waals surface area contributed by atoms with Gasteiger partial charge < -0.3 is 14.5 Å². The Hall–Kier alpha value is -3.54. The first-order chi connectivity index (χ1) is 12.7. The maximum absolute atomic E-state index is 12.5. The highest BCUT2D eigenvalue weighted by Crippen LogP contribution is 2.23. The maximum atomic E-state index is 12.5. The summed E-state index contributed by atoms with van der Waals surface area (Å²) < 4.78 is 12.0. The Morgan fingerprint density at radius 1 is 0.885 bits per heavy atom. The van der Waals surface area contributed by atoms with Crippen molar-refractivity contribution < 1.29 is 9.47 Å². The number of aromatic amines is 1. The normalized spacial score (nSPS) is 10.8. The van der Waals surface area contributed by atoms with Gasteiger partial charge in [-0.25, -0.2) is 4.52 Å². The third-order valence-electron chi connectivity index (χ3n) is 4.25. The van der Waals surface area contributed by atoms with Crippen molar-refractivity contribution in [1.82, 2.24) is 14.6 Å². The molecule has 0 saturated heterocycles. The lowest BCUT2D eigenvalue weighted by Gasteiger charge is -2.04. The second-order valence-electron chi connectivity index (χ2n) is 5.81. The number of nitrogens with one attached hydrogen (secondary N) is 1. The van der Waals surface area contributed by atoms with Crippen molar-refractivity contribution >= 4 is 5.52 Å². The van der Waals surface area contributed by atoms with Crippen LogP contribution in [0.15, 0.2) is 65.6 Å². The minimum Gasteiger partial charge on any atom is -0.497 e. The Kier molecular flexibility index (Phi) is 3.93. The molecule has 2 aromatic heterocycles. The lowest BCUT2D eigenvalue weighted by atomic mass is 10.1. The number of rotatable bonds is 4. The van der Waals surface area contributed by atoms with Crippen molar-refractivity contribution in [2.24, 2.45) is 0 Å². The molecule has 0 radical (unpaired) electrons. The van der Waals surface area contributed by atoms with Gasteiger partial charge in [-0.05, 0) is 60.2 Å². The first kappa shape index (κ1) is 16.0. The van der Waals surface area contributed by atoms with Crippen LogP contribution in [0.1, 0.15) is 0 Å². The van der Waals surface area contributed by atoms with Crippen LogP contribution in [0, 0.1) is 0 Å². The van der Waals surface area contributed by atoms with E-state index in [1.807, 2.05) is 54.7 Å². The van der Waals surface area contributed by atoms with Crippen LogP contribution in [-0.2, 0) is 0 Å². The molecule has 0 fully saturated rings. The van der Waals surface area contributed by atoms with Gasteiger partial charge in [-0.3, -0.25) is 4.79 Å². The zero-order chi connectivity index (χ0) is 18.1. The summed E-state index contributed by atoms with van der Waals surface area (Å²) in [5.41, 5.74) is 3.52. The number of hydrogen-bond acceptors (Lipinski definition) is 4. The standard InChI is InChI=1S/C20H17N3O3/c1-25-15-7-3-13(4-8-15)17-11-19-20(24)21-18(12-23(19)22-17)14-5-9-16(26-2)10-6-14/h3-12H,1-2H3,(H,21,24). The summed E-state index contributed by atoms with van der Waals surface area (Å²) in [4.78, 5) is 15.4. The van der Waals surface area contributed by atoms with Crippen LogP contribution >= 0.6 is 0 Å². The predicted octanol–water partition coefficient (Wildman–Crippen LogP) is 3.37. The zero-order valence-electron chi connectivity index (χ0n) is 14.4. The average Bonchev–Trinajstić information content (AvgIpc) is 3.13. The summed E-state index contributed by atoms with van der Waals surface area (Å²) in [6.07, 6.45) is 1.81. The maximum Gasteiger partial charge on any atom is 0.274 e. The van der Waals surface area contributed by atoms with E-state index in [9.17, 15) is 4.79 Å². The molecule has 0 unspecified atom stereocenters. The van der Waals surface area contributed by atoms with Crippen LogP contribution in [0.5, 0.6) is 11.5 Å². The first-order valence-electron chi connectivity index (χ1n) is 8.09. The zero-order valence-corrected chi connectivity index (χ0v) is 14.4. The molecule has 130 valence electrons. The number of H-pyrrole nitrogens is 1. The summed E-state index contributed by atoms with van der Waals surface area (Å²) in [6, 6.07) is 16.8. The molecule has 2 aromatic carbocycles. The quantitative estimate of drug-likeness (QED) is 0.614. The van der Waals surface area contributed by atoms with Crippen LogP contribution in [0.2, 0.25) is 0 Å². The van der Waals surface area contributed by atoms with Crippen molar-refractivity contribution in [3.8, 4) is 34.0 Å². The van der Waals surface area contributed by atoms with E-state index in [0.717, 1.165) is 28.3 Å². The minimum absolute atomic E-state index is 0.189. The second-order valence-corrected chi connectivity index (χ2v) is 5.81. The van der Waals surface area contributed by atoms with Gasteiger partial charge in [-0.15, -0.1) is 0 Å². The summed E-state index contributed by atoms with van der Waals surface area (Å²) in [5, 5.41) is 4.55. The van der Waals surface area contributed by atoms with E-state index in [4.69, 9.17) is 9.47 Å². The van der Waals surface area contributed by atoms with Crippen LogP contribution in [-0.4, -0.2) is 28.8 Å². The molecule has 0 aliphatic carbocycles. The Morgan fingerprint density at radius 3 is 2.04 bits per heavy atom. The van der Waals surface area contributed by atoms with Gasteiger partial charge in [0, 0.05) is 5.56 Å². The Morgan fingerprint density at radius 2 is 1.46 bits per heavy atom. The van der Waals surface area contributed by atoms with Crippen LogP contribution in [0.4, 0.5) is 0 Å². The first-order valence-corrected chi connectivity index (χ1v) is 8.09. The molecule has 0 aliphatic rings. The number of methoxy groups -OCH3 is 2. The molecule has 0 amide bonds. The molecular formula is C20H17N3O3. The minimum atomic E-state index is -0.189. The third kappa shape index (κ3) is 2.82. The van der Waals surface area contributed by atoms with Gasteiger partial charge in [-0.2, -0.15) is 5.10 Å². The molecule has 0 bridgehead atoms. The molecule has 6 heteroatoms. The van der Waals surface area contributed by atoms with E-state index in [2.05, 4.69) is 10.1 Å². The fourth-order valence-corrected chi connectivity index (χ4v) is 2.82. The van der Waals surface area contributed by atoms with Gasteiger partial charge in [0.2, 0.25) is 0 Å². The van der Waals surface area contributed by atoms with Gasteiger partial charge in [0.1, 0.15) is 17.0 Å². The molecule has 6 nitrogen and oxygen atoms in total. The molecule has 0 saturated carbocycles. The Balaban J connectivity index is 1.77. The monoisotopic (exact) mass is 347 g/mol. The van der Waals surface area contributed by atoms with E-state index in [1.54, 1.807) is 24.8 Å². The van der Waals surface area contributed by atoms with Crippen LogP contribution in [0.3, 0.4) is 0 Å². The smallest absolute Gasteiger partial charge is 0.274 e. The topological polar surface area (TPSA) is 68.6 Å². The van der Waals surface area contributed by atoms with E-state index >= 15 is 0 Å². The van der Waals surface area contributed by atoms with Crippen molar-refractivity contribution in [3.63, 3.8) is 0 Å². The van der Waals surface area contributed by atoms with Crippen molar-refractivity contribution in [1.29, 1.82) is 0 Å². The average molecular weight is 347 g/mol. The molecule has 26 heavy (non-hydrogen) atoms. The molecule has 1 N–H and O–H groups in total. The number of nitrogens with zero attached hydrogens (tertiary/aromatic N) is 2. The molecule has 4 aromatic rings. The van der Waals surface area contributed by atoms with Crippen LogP contribution in [0.25, 0.3) is 28.0 Å². The molecule has 2 heterocycles. The summed E-state index contributed by atoms with van der Waals surface area (Å²) in [7, 11) is 3.24. The van der Waals surface area contributed by atoms with Crippen molar-refractivity contribution in [2.75, 3.05) is 14.2 Å². The van der Waals surface area contributed by atoms with Gasteiger partial charge in [0.15, 0.2) is 0 Å². The van der Waals surface area contributed by atoms with E-state index in [0.29, 0.717) is 11.2 Å². The lowest BCUT2D eigenvalue weighted by Crippen LogP contribution is -2.10. The fourth-order valence-electron chi connectivity index (χ4n) is 2.82. The molecule has 0 spiro atoms. The molecule has 0 aliphatic heterocycles. The summed E-state index contributed by atoms with van der Waals surface area (Å²) in [6.45, 7) is 0. The Bertz CT molecular complexity index is 1110. The van der Waals surface area contributed by atoms with E-state index in [1.165, 1.54) is 0 Å². The van der Waals surface area contributed by atoms with Crippen molar-refractivity contribution in [2.45, 2.75) is 0 Å². The van der Waals surface area contributed by atoms with Crippen LogP contribution < -0.4 is 15.0 Å². The second kappa shape index (κ2) is 6.40. The molecule has 0 atom stereocenters. The highest BCUT2D eigenvalue weighted by Gasteiger charge is 2.10. The van der Waals surface area contributed by atoms with Gasteiger partial charge in [-0.1, -0.05) is 0 Å².